The molecule has 2 amide bonds. The molecule has 1 atom stereocenters. The summed E-state index contributed by atoms with van der Waals surface area (Å²) in [6.45, 7) is 0.440. The minimum absolute atomic E-state index is 0.0146. The first kappa shape index (κ1) is 18.3. The molecule has 1 unspecified atom stereocenters. The molecule has 0 bridgehead atoms. The maximum Gasteiger partial charge on any atom is 0.236 e. The smallest absolute Gasteiger partial charge is 0.236 e. The van der Waals surface area contributed by atoms with Crippen molar-refractivity contribution in [1.29, 1.82) is 0 Å². The number of nitrogens with one attached hydrogen (secondary N) is 1. The Morgan fingerprint density at radius 2 is 1.79 bits per heavy atom. The lowest BCUT2D eigenvalue weighted by Gasteiger charge is -2.22. The topological polar surface area (TPSA) is 61.9 Å². The standard InChI is InChI=1S/C18H27N3O3/c1-20(2)17(23)12-21(3)11-16(22)19-18(13-5-6-13)14-7-9-15(24-4)10-8-14/h7-10,13,18H,5-6,11-12H2,1-4H3,(H,19,22). The summed E-state index contributed by atoms with van der Waals surface area (Å²) >= 11 is 0. The first-order valence-electron chi connectivity index (χ1n) is 8.22. The predicted molar refractivity (Wildman–Crippen MR) is 92.8 cm³/mol. The predicted octanol–water partition coefficient (Wildman–Crippen LogP) is 1.28. The second-order valence-electron chi connectivity index (χ2n) is 6.62. The molecular formula is C18H27N3O3. The van der Waals surface area contributed by atoms with E-state index >= 15 is 0 Å². The Morgan fingerprint density at radius 1 is 1.17 bits per heavy atom. The second-order valence-corrected chi connectivity index (χ2v) is 6.62. The average Bonchev–Trinajstić information content (AvgIpc) is 3.37. The van der Waals surface area contributed by atoms with Crippen molar-refractivity contribution in [1.82, 2.24) is 15.1 Å². The molecule has 0 saturated heterocycles. The van der Waals surface area contributed by atoms with Crippen LogP contribution < -0.4 is 10.1 Å². The molecule has 0 heterocycles. The minimum Gasteiger partial charge on any atom is -0.497 e. The Labute approximate surface area is 143 Å². The normalized spacial score (nSPS) is 15.0. The maximum atomic E-state index is 12.3. The summed E-state index contributed by atoms with van der Waals surface area (Å²) < 4.78 is 5.19. The number of methoxy groups -OCH3 is 1. The molecule has 0 radical (unpaired) electrons. The zero-order chi connectivity index (χ0) is 17.7. The first-order valence-corrected chi connectivity index (χ1v) is 8.22. The van der Waals surface area contributed by atoms with Gasteiger partial charge < -0.3 is 15.0 Å². The van der Waals surface area contributed by atoms with Crippen LogP contribution in [-0.2, 0) is 9.59 Å². The Hall–Kier alpha value is -2.08. The highest BCUT2D eigenvalue weighted by Crippen LogP contribution is 2.41. The monoisotopic (exact) mass is 333 g/mol. The number of hydrogen-bond acceptors (Lipinski definition) is 4. The lowest BCUT2D eigenvalue weighted by molar-refractivity contribution is -0.130. The molecule has 0 spiro atoms. The van der Waals surface area contributed by atoms with Crippen molar-refractivity contribution < 1.29 is 14.3 Å². The SMILES string of the molecule is COc1ccc(C(NC(=O)CN(C)CC(=O)N(C)C)C2CC2)cc1. The molecule has 132 valence electrons. The van der Waals surface area contributed by atoms with Crippen molar-refractivity contribution >= 4 is 11.8 Å². The highest BCUT2D eigenvalue weighted by atomic mass is 16.5. The third-order valence-corrected chi connectivity index (χ3v) is 4.20. The molecule has 0 aromatic heterocycles. The molecular weight excluding hydrogens is 306 g/mol. The minimum atomic E-state index is -0.0585. The zero-order valence-electron chi connectivity index (χ0n) is 14.9. The molecule has 6 heteroatoms. The van der Waals surface area contributed by atoms with Crippen molar-refractivity contribution in [3.8, 4) is 5.75 Å². The Bertz CT molecular complexity index is 567. The van der Waals surface area contributed by atoms with Crippen molar-refractivity contribution in [2.45, 2.75) is 18.9 Å². The summed E-state index contributed by atoms with van der Waals surface area (Å²) in [5, 5.41) is 3.12. The van der Waals surface area contributed by atoms with Gasteiger partial charge in [-0.15, -0.1) is 0 Å². The van der Waals surface area contributed by atoms with Crippen molar-refractivity contribution in [2.75, 3.05) is 41.3 Å². The van der Waals surface area contributed by atoms with Crippen LogP contribution in [0.25, 0.3) is 0 Å². The van der Waals surface area contributed by atoms with E-state index in [4.69, 9.17) is 4.74 Å². The maximum absolute atomic E-state index is 12.3. The van der Waals surface area contributed by atoms with E-state index in [0.717, 1.165) is 24.2 Å². The van der Waals surface area contributed by atoms with E-state index in [0.29, 0.717) is 5.92 Å². The largest absolute Gasteiger partial charge is 0.497 e. The van der Waals surface area contributed by atoms with Gasteiger partial charge in [-0.25, -0.2) is 0 Å². The molecule has 1 saturated carbocycles. The summed E-state index contributed by atoms with van der Waals surface area (Å²) in [7, 11) is 6.84. The van der Waals surface area contributed by atoms with Gasteiger partial charge in [0.2, 0.25) is 11.8 Å². The summed E-state index contributed by atoms with van der Waals surface area (Å²) in [5.41, 5.74) is 1.10. The molecule has 1 aromatic carbocycles. The van der Waals surface area contributed by atoms with Crippen LogP contribution in [0.4, 0.5) is 0 Å². The number of carbonyl (C=O) groups is 2. The highest BCUT2D eigenvalue weighted by Gasteiger charge is 2.33. The molecule has 1 aliphatic rings. The molecule has 24 heavy (non-hydrogen) atoms. The summed E-state index contributed by atoms with van der Waals surface area (Å²) in [4.78, 5) is 27.3. The van der Waals surface area contributed by atoms with Crippen LogP contribution in [0.3, 0.4) is 0 Å². The Morgan fingerprint density at radius 3 is 2.29 bits per heavy atom. The van der Waals surface area contributed by atoms with Crippen LogP contribution in [0.2, 0.25) is 0 Å². The number of rotatable bonds is 8. The van der Waals surface area contributed by atoms with Crippen molar-refractivity contribution in [3.05, 3.63) is 29.8 Å². The van der Waals surface area contributed by atoms with E-state index in [1.807, 2.05) is 24.3 Å². The van der Waals surface area contributed by atoms with Gasteiger partial charge in [-0.2, -0.15) is 0 Å². The van der Waals surface area contributed by atoms with Crippen molar-refractivity contribution in [3.63, 3.8) is 0 Å². The van der Waals surface area contributed by atoms with Gasteiger partial charge in [-0.1, -0.05) is 12.1 Å². The Kier molecular flexibility index (Phi) is 6.20. The van der Waals surface area contributed by atoms with E-state index in [-0.39, 0.29) is 30.9 Å². The average molecular weight is 333 g/mol. The summed E-state index contributed by atoms with van der Waals surface area (Å²) in [6.07, 6.45) is 2.26. The number of benzene rings is 1. The van der Waals surface area contributed by atoms with Gasteiger partial charge in [0.15, 0.2) is 0 Å². The van der Waals surface area contributed by atoms with Crippen LogP contribution >= 0.6 is 0 Å². The molecule has 1 fully saturated rings. The van der Waals surface area contributed by atoms with E-state index in [1.54, 1.807) is 33.2 Å². The van der Waals surface area contributed by atoms with Gasteiger partial charge in [-0.05, 0) is 43.5 Å². The van der Waals surface area contributed by atoms with Crippen molar-refractivity contribution in [2.24, 2.45) is 5.92 Å². The summed E-state index contributed by atoms with van der Waals surface area (Å²) in [5.74, 6) is 1.23. The second kappa shape index (κ2) is 8.15. The molecule has 2 rings (SSSR count). The van der Waals surface area contributed by atoms with Gasteiger partial charge in [-0.3, -0.25) is 14.5 Å². The van der Waals surface area contributed by atoms with E-state index < -0.39 is 0 Å². The van der Waals surface area contributed by atoms with Gasteiger partial charge in [0.25, 0.3) is 0 Å². The fourth-order valence-corrected chi connectivity index (χ4v) is 2.61. The number of ether oxygens (including phenoxy) is 1. The van der Waals surface area contributed by atoms with E-state index in [1.165, 1.54) is 4.90 Å². The molecule has 0 aliphatic heterocycles. The van der Waals surface area contributed by atoms with Gasteiger partial charge in [0.1, 0.15) is 5.75 Å². The number of carbonyl (C=O) groups excluding carboxylic acids is 2. The lowest BCUT2D eigenvalue weighted by Crippen LogP contribution is -2.41. The van der Waals surface area contributed by atoms with E-state index in [2.05, 4.69) is 5.32 Å². The molecule has 1 aromatic rings. The number of hydrogen-bond donors (Lipinski definition) is 1. The lowest BCUT2D eigenvalue weighted by atomic mass is 10.0. The molecule has 6 nitrogen and oxygen atoms in total. The first-order chi connectivity index (χ1) is 11.4. The fourth-order valence-electron chi connectivity index (χ4n) is 2.61. The third kappa shape index (κ3) is 5.23. The Balaban J connectivity index is 1.92. The van der Waals surface area contributed by atoms with Gasteiger partial charge in [0.05, 0.1) is 26.2 Å². The molecule has 1 N–H and O–H groups in total. The van der Waals surface area contributed by atoms with Crippen LogP contribution in [-0.4, -0.2) is 63.0 Å². The van der Waals surface area contributed by atoms with E-state index in [9.17, 15) is 9.59 Å². The fraction of sp³-hybridized carbons (Fsp3) is 0.556. The number of nitrogens with zero attached hydrogens (tertiary/aromatic N) is 2. The number of amides is 2. The molecule has 1 aliphatic carbocycles. The highest BCUT2D eigenvalue weighted by molar-refractivity contribution is 5.81. The van der Waals surface area contributed by atoms with Gasteiger partial charge >= 0.3 is 0 Å². The third-order valence-electron chi connectivity index (χ3n) is 4.20. The van der Waals surface area contributed by atoms with Crippen LogP contribution in [0.1, 0.15) is 24.4 Å². The quantitative estimate of drug-likeness (QED) is 0.778. The number of likely N-dealkylation sites (N-methyl/N-ethyl adjacent to an activating group) is 2. The van der Waals surface area contributed by atoms with Crippen LogP contribution in [0.15, 0.2) is 24.3 Å². The zero-order valence-corrected chi connectivity index (χ0v) is 14.9. The van der Waals surface area contributed by atoms with Gasteiger partial charge in [0, 0.05) is 14.1 Å². The van der Waals surface area contributed by atoms with Crippen LogP contribution in [0, 0.1) is 5.92 Å². The van der Waals surface area contributed by atoms with Crippen LogP contribution in [0.5, 0.6) is 5.75 Å². The summed E-state index contributed by atoms with van der Waals surface area (Å²) in [6, 6.07) is 7.86.